The number of unbranched alkanes of at least 4 members (excludes halogenated alkanes) is 29. The van der Waals surface area contributed by atoms with Gasteiger partial charge in [0.05, 0.1) is 26.4 Å². The van der Waals surface area contributed by atoms with Crippen molar-refractivity contribution in [2.75, 3.05) is 39.6 Å². The number of aliphatic hydroxyl groups is 1. The number of aliphatic hydroxyl groups excluding tert-OH is 1. The third kappa shape index (κ3) is 66.8. The maximum absolute atomic E-state index is 13.0. The van der Waals surface area contributed by atoms with Gasteiger partial charge >= 0.3 is 39.5 Å². The standard InChI is InChI=1S/C75H132O17P2/c1-5-9-13-17-21-25-29-31-33-34-36-38-42-44-48-52-56-60-73(78)86-66-71(92-75(80)62-58-54-50-46-40-28-24-20-16-12-8-4)68-90-94(83,84)88-64-69(76)63-87-93(81,82)89-67-70(91-74(79)61-57-53-49-45-39-27-23-19-15-11-7-3)65-85-72(77)59-55-51-47-43-41-37-35-32-30-26-22-18-14-10-6-2/h9,13,19,21,23,25,31-33,35-36,38,44,48,69-71,76H,5-8,10-12,14-18,20,22,24,26-30,34,37,39-43,45-47,49-68H2,1-4H3,(H,81,82)(H,83,84)/b13-9-,23-19-,25-21-,33-31-,35-32-,38-36-,48-44-. The van der Waals surface area contributed by atoms with E-state index in [-0.39, 0.29) is 25.7 Å². The molecule has 544 valence electrons. The van der Waals surface area contributed by atoms with E-state index in [1.165, 1.54) is 89.9 Å². The van der Waals surface area contributed by atoms with Gasteiger partial charge in [-0.25, -0.2) is 9.13 Å². The number of esters is 4. The predicted octanol–water partition coefficient (Wildman–Crippen LogP) is 20.7. The molecule has 0 aliphatic heterocycles. The minimum atomic E-state index is -4.98. The summed E-state index contributed by atoms with van der Waals surface area (Å²) in [4.78, 5) is 72.6. The van der Waals surface area contributed by atoms with Gasteiger partial charge in [0.15, 0.2) is 12.2 Å². The summed E-state index contributed by atoms with van der Waals surface area (Å²) >= 11 is 0. The van der Waals surface area contributed by atoms with Crippen LogP contribution in [0.1, 0.15) is 310 Å². The molecule has 19 heteroatoms. The smallest absolute Gasteiger partial charge is 0.462 e. The monoisotopic (exact) mass is 1370 g/mol. The van der Waals surface area contributed by atoms with Crippen molar-refractivity contribution in [3.8, 4) is 0 Å². The number of allylic oxidation sites excluding steroid dienone is 14. The lowest BCUT2D eigenvalue weighted by atomic mass is 10.1. The Morgan fingerprint density at radius 3 is 0.936 bits per heavy atom. The fraction of sp³-hybridized carbons (Fsp3) is 0.760. The van der Waals surface area contributed by atoms with Crippen LogP contribution in [-0.2, 0) is 65.4 Å². The summed E-state index contributed by atoms with van der Waals surface area (Å²) in [6.07, 6.45) is 67.4. The van der Waals surface area contributed by atoms with Crippen molar-refractivity contribution in [3.63, 3.8) is 0 Å². The molecule has 0 amide bonds. The Morgan fingerprint density at radius 2 is 0.574 bits per heavy atom. The van der Waals surface area contributed by atoms with Crippen molar-refractivity contribution in [3.05, 3.63) is 85.1 Å². The highest BCUT2D eigenvalue weighted by molar-refractivity contribution is 7.47. The van der Waals surface area contributed by atoms with Crippen LogP contribution in [0.3, 0.4) is 0 Å². The molecule has 0 radical (unpaired) electrons. The van der Waals surface area contributed by atoms with Crippen LogP contribution in [0.25, 0.3) is 0 Å². The van der Waals surface area contributed by atoms with Crippen LogP contribution in [0, 0.1) is 0 Å². The molecule has 0 aliphatic carbocycles. The van der Waals surface area contributed by atoms with E-state index in [4.69, 9.17) is 37.0 Å². The molecule has 5 atom stereocenters. The molecular weight excluding hydrogens is 1230 g/mol. The van der Waals surface area contributed by atoms with Gasteiger partial charge in [-0.1, -0.05) is 260 Å². The van der Waals surface area contributed by atoms with Crippen molar-refractivity contribution in [1.82, 2.24) is 0 Å². The second-order valence-electron chi connectivity index (χ2n) is 24.5. The molecule has 5 unspecified atom stereocenters. The normalized spacial score (nSPS) is 14.5. The summed E-state index contributed by atoms with van der Waals surface area (Å²) in [5.74, 6) is -2.25. The summed E-state index contributed by atoms with van der Waals surface area (Å²) in [5, 5.41) is 10.6. The van der Waals surface area contributed by atoms with E-state index in [2.05, 4.69) is 101 Å². The van der Waals surface area contributed by atoms with E-state index in [1.54, 1.807) is 0 Å². The highest BCUT2D eigenvalue weighted by atomic mass is 31.2. The summed E-state index contributed by atoms with van der Waals surface area (Å²) in [6, 6.07) is 0. The van der Waals surface area contributed by atoms with Gasteiger partial charge < -0.3 is 33.8 Å². The number of ether oxygens (including phenoxy) is 4. The average Bonchev–Trinajstić information content (AvgIpc) is 1.32. The van der Waals surface area contributed by atoms with E-state index in [1.807, 2.05) is 12.2 Å². The first-order valence-electron chi connectivity index (χ1n) is 36.8. The van der Waals surface area contributed by atoms with E-state index >= 15 is 0 Å². The zero-order chi connectivity index (χ0) is 69.0. The van der Waals surface area contributed by atoms with E-state index in [0.717, 1.165) is 135 Å². The van der Waals surface area contributed by atoms with Crippen molar-refractivity contribution in [2.45, 2.75) is 329 Å². The predicted molar refractivity (Wildman–Crippen MR) is 381 cm³/mol. The first kappa shape index (κ1) is 90.2. The maximum Gasteiger partial charge on any atom is 0.472 e. The zero-order valence-electron chi connectivity index (χ0n) is 59.1. The molecule has 0 spiro atoms. The van der Waals surface area contributed by atoms with E-state index in [9.17, 15) is 43.2 Å². The molecule has 0 fully saturated rings. The Morgan fingerprint density at radius 1 is 0.309 bits per heavy atom. The van der Waals surface area contributed by atoms with Crippen LogP contribution in [0.5, 0.6) is 0 Å². The molecule has 0 aromatic carbocycles. The second-order valence-corrected chi connectivity index (χ2v) is 27.4. The average molecular weight is 1370 g/mol. The van der Waals surface area contributed by atoms with Crippen LogP contribution >= 0.6 is 15.6 Å². The lowest BCUT2D eigenvalue weighted by molar-refractivity contribution is -0.161. The first-order valence-corrected chi connectivity index (χ1v) is 39.8. The lowest BCUT2D eigenvalue weighted by Crippen LogP contribution is -2.30. The van der Waals surface area contributed by atoms with Gasteiger partial charge in [0, 0.05) is 25.7 Å². The number of rotatable bonds is 69. The molecule has 3 N–H and O–H groups in total. The molecule has 17 nitrogen and oxygen atoms in total. The van der Waals surface area contributed by atoms with Crippen molar-refractivity contribution < 1.29 is 80.2 Å². The van der Waals surface area contributed by atoms with Crippen LogP contribution in [0.15, 0.2) is 85.1 Å². The number of phosphoric acid groups is 2. The molecule has 0 saturated carbocycles. The summed E-state index contributed by atoms with van der Waals surface area (Å²) < 4.78 is 68.2. The second kappa shape index (κ2) is 67.8. The van der Waals surface area contributed by atoms with Gasteiger partial charge in [-0.05, 0) is 109 Å². The molecule has 0 saturated heterocycles. The Balaban J connectivity index is 5.33. The number of carbonyl (C=O) groups is 4. The van der Waals surface area contributed by atoms with Crippen LogP contribution in [-0.4, -0.2) is 96.7 Å². The fourth-order valence-electron chi connectivity index (χ4n) is 9.70. The fourth-order valence-corrected chi connectivity index (χ4v) is 11.3. The van der Waals surface area contributed by atoms with Crippen molar-refractivity contribution in [1.29, 1.82) is 0 Å². The highest BCUT2D eigenvalue weighted by Crippen LogP contribution is 2.45. The molecular formula is C75H132O17P2. The van der Waals surface area contributed by atoms with Gasteiger partial charge in [0.25, 0.3) is 0 Å². The minimum absolute atomic E-state index is 0.0837. The Kier molecular flexibility index (Phi) is 65.1. The number of hydrogen-bond donors (Lipinski definition) is 3. The van der Waals surface area contributed by atoms with Crippen LogP contribution in [0.2, 0.25) is 0 Å². The molecule has 0 heterocycles. The Hall–Kier alpha value is -3.76. The topological polar surface area (TPSA) is 237 Å². The van der Waals surface area contributed by atoms with Gasteiger partial charge in [-0.2, -0.15) is 0 Å². The number of carbonyl (C=O) groups excluding carboxylic acids is 4. The third-order valence-corrected chi connectivity index (χ3v) is 17.2. The van der Waals surface area contributed by atoms with E-state index in [0.29, 0.717) is 32.1 Å². The minimum Gasteiger partial charge on any atom is -0.462 e. The Bertz CT molecular complexity index is 2120. The maximum atomic E-state index is 13.0. The molecule has 0 aromatic rings. The third-order valence-electron chi connectivity index (χ3n) is 15.3. The lowest BCUT2D eigenvalue weighted by Gasteiger charge is -2.21. The van der Waals surface area contributed by atoms with Gasteiger partial charge in [-0.15, -0.1) is 0 Å². The quantitative estimate of drug-likeness (QED) is 0.0169. The van der Waals surface area contributed by atoms with E-state index < -0.39 is 97.5 Å². The van der Waals surface area contributed by atoms with Crippen LogP contribution < -0.4 is 0 Å². The van der Waals surface area contributed by atoms with Gasteiger partial charge in [-0.3, -0.25) is 37.3 Å². The number of hydrogen-bond acceptors (Lipinski definition) is 15. The SMILES string of the molecule is CC/C=C\C/C=C\C/C=C\C/C=C\C/C=C\CCCC(=O)OCC(COP(=O)(O)OCC(O)COP(=O)(O)OCC(COC(=O)CCCCCCC/C=C\CCCCCCCC)OC(=O)CCCCCCC/C=C\CCCC)OC(=O)CCCCCCCCCCCCC. The largest absolute Gasteiger partial charge is 0.472 e. The molecule has 0 aromatic heterocycles. The molecule has 0 rings (SSSR count). The molecule has 94 heavy (non-hydrogen) atoms. The molecule has 0 bridgehead atoms. The van der Waals surface area contributed by atoms with Gasteiger partial charge in [0.1, 0.15) is 19.3 Å². The highest BCUT2D eigenvalue weighted by Gasteiger charge is 2.30. The zero-order valence-corrected chi connectivity index (χ0v) is 60.9. The summed E-state index contributed by atoms with van der Waals surface area (Å²) in [7, 11) is -9.95. The molecule has 0 aliphatic rings. The number of phosphoric ester groups is 2. The summed E-state index contributed by atoms with van der Waals surface area (Å²) in [5.41, 5.74) is 0. The summed E-state index contributed by atoms with van der Waals surface area (Å²) in [6.45, 7) is 4.63. The van der Waals surface area contributed by atoms with Crippen molar-refractivity contribution >= 4 is 39.5 Å². The van der Waals surface area contributed by atoms with Crippen molar-refractivity contribution in [2.24, 2.45) is 0 Å². The van der Waals surface area contributed by atoms with Gasteiger partial charge in [0.2, 0.25) is 0 Å². The first-order chi connectivity index (χ1) is 45.7. The Labute approximate surface area is 570 Å². The van der Waals surface area contributed by atoms with Crippen LogP contribution in [0.4, 0.5) is 0 Å².